The van der Waals surface area contributed by atoms with Crippen molar-refractivity contribution in [2.45, 2.75) is 19.4 Å². The van der Waals surface area contributed by atoms with Gasteiger partial charge < -0.3 is 4.74 Å². The van der Waals surface area contributed by atoms with Gasteiger partial charge in [-0.25, -0.2) is 4.39 Å². The average molecular weight is 309 g/mol. The molecule has 0 heterocycles. The molecule has 21 heavy (non-hydrogen) atoms. The zero-order chi connectivity index (χ0) is 15.4. The van der Waals surface area contributed by atoms with E-state index in [1.54, 1.807) is 13.2 Å². The third-order valence-corrected chi connectivity index (χ3v) is 3.57. The van der Waals surface area contributed by atoms with Gasteiger partial charge in [0, 0.05) is 5.02 Å². The Morgan fingerprint density at radius 1 is 1.29 bits per heavy atom. The number of nitrogens with one attached hydrogen (secondary N) is 1. The number of hydrogen-bond donors (Lipinski definition) is 2. The van der Waals surface area contributed by atoms with Crippen molar-refractivity contribution >= 4 is 11.6 Å². The van der Waals surface area contributed by atoms with Crippen LogP contribution in [0.1, 0.15) is 22.7 Å². The number of halogens is 2. The fourth-order valence-electron chi connectivity index (χ4n) is 2.37. The number of methoxy groups -OCH3 is 1. The molecule has 0 aromatic heterocycles. The molecule has 0 bridgehead atoms. The molecule has 2 aromatic carbocycles. The van der Waals surface area contributed by atoms with Crippen molar-refractivity contribution in [1.29, 1.82) is 0 Å². The molecule has 0 aliphatic rings. The van der Waals surface area contributed by atoms with Gasteiger partial charge in [-0.05, 0) is 60.4 Å². The third kappa shape index (κ3) is 3.94. The van der Waals surface area contributed by atoms with Gasteiger partial charge in [0.15, 0.2) is 0 Å². The highest BCUT2D eigenvalue weighted by atomic mass is 35.5. The summed E-state index contributed by atoms with van der Waals surface area (Å²) in [6.07, 6.45) is 0.545. The van der Waals surface area contributed by atoms with E-state index in [4.69, 9.17) is 22.2 Å². The topological polar surface area (TPSA) is 47.3 Å². The van der Waals surface area contributed by atoms with Crippen LogP contribution in [-0.4, -0.2) is 7.11 Å². The highest BCUT2D eigenvalue weighted by molar-refractivity contribution is 6.30. The number of ether oxygens (including phenoxy) is 1. The predicted molar refractivity (Wildman–Crippen MR) is 82.9 cm³/mol. The van der Waals surface area contributed by atoms with Crippen molar-refractivity contribution in [3.63, 3.8) is 0 Å². The second kappa shape index (κ2) is 6.89. The highest BCUT2D eigenvalue weighted by Crippen LogP contribution is 2.28. The second-order valence-electron chi connectivity index (χ2n) is 4.94. The third-order valence-electron chi connectivity index (χ3n) is 3.33. The van der Waals surface area contributed by atoms with Crippen molar-refractivity contribution in [2.75, 3.05) is 7.11 Å². The Balaban J connectivity index is 2.32. The maximum absolute atomic E-state index is 13.6. The molecule has 3 N–H and O–H groups in total. The standard InChI is InChI=1S/C16H18ClFN2O/c1-10-5-11(8-14(18)6-10)15(20-19)9-12-7-13(17)3-4-16(12)21-2/h3-8,15,20H,9,19H2,1-2H3. The van der Waals surface area contributed by atoms with Crippen LogP contribution in [0, 0.1) is 12.7 Å². The first-order valence-electron chi connectivity index (χ1n) is 6.59. The van der Waals surface area contributed by atoms with Crippen LogP contribution in [0.15, 0.2) is 36.4 Å². The van der Waals surface area contributed by atoms with E-state index in [1.165, 1.54) is 12.1 Å². The summed E-state index contributed by atoms with van der Waals surface area (Å²) in [5, 5.41) is 0.622. The Labute approximate surface area is 128 Å². The molecule has 0 fully saturated rings. The summed E-state index contributed by atoms with van der Waals surface area (Å²) < 4.78 is 18.9. The van der Waals surface area contributed by atoms with Gasteiger partial charge in [-0.2, -0.15) is 0 Å². The van der Waals surface area contributed by atoms with Crippen molar-refractivity contribution < 1.29 is 9.13 Å². The van der Waals surface area contributed by atoms with Crippen molar-refractivity contribution in [3.8, 4) is 5.75 Å². The molecule has 0 aliphatic heterocycles. The molecule has 3 nitrogen and oxygen atoms in total. The average Bonchev–Trinajstić information content (AvgIpc) is 2.43. The summed E-state index contributed by atoms with van der Waals surface area (Å²) >= 11 is 6.03. The van der Waals surface area contributed by atoms with Crippen LogP contribution < -0.4 is 16.0 Å². The molecule has 0 saturated heterocycles. The van der Waals surface area contributed by atoms with E-state index in [2.05, 4.69) is 5.43 Å². The van der Waals surface area contributed by atoms with E-state index in [9.17, 15) is 4.39 Å². The molecule has 0 aliphatic carbocycles. The summed E-state index contributed by atoms with van der Waals surface area (Å²) in [5.41, 5.74) is 5.28. The first-order chi connectivity index (χ1) is 10.0. The van der Waals surface area contributed by atoms with E-state index < -0.39 is 0 Å². The molecule has 1 unspecified atom stereocenters. The SMILES string of the molecule is COc1ccc(Cl)cc1CC(NN)c1cc(C)cc(F)c1. The molecule has 1 atom stereocenters. The highest BCUT2D eigenvalue weighted by Gasteiger charge is 2.15. The molecular formula is C16H18ClFN2O. The number of rotatable bonds is 5. The lowest BCUT2D eigenvalue weighted by Gasteiger charge is -2.19. The van der Waals surface area contributed by atoms with Gasteiger partial charge in [-0.3, -0.25) is 11.3 Å². The normalized spacial score (nSPS) is 12.2. The van der Waals surface area contributed by atoms with Crippen LogP contribution in [-0.2, 0) is 6.42 Å². The lowest BCUT2D eigenvalue weighted by molar-refractivity contribution is 0.405. The van der Waals surface area contributed by atoms with Gasteiger partial charge in [0.05, 0.1) is 13.2 Å². The Bertz CT molecular complexity index is 613. The molecule has 0 amide bonds. The Morgan fingerprint density at radius 2 is 2.05 bits per heavy atom. The molecule has 2 aromatic rings. The van der Waals surface area contributed by atoms with Crippen LogP contribution >= 0.6 is 11.6 Å². The minimum atomic E-state index is -0.275. The van der Waals surface area contributed by atoms with Crippen molar-refractivity contribution in [1.82, 2.24) is 5.43 Å². The minimum Gasteiger partial charge on any atom is -0.496 e. The maximum atomic E-state index is 13.6. The smallest absolute Gasteiger partial charge is 0.123 e. The largest absolute Gasteiger partial charge is 0.496 e. The zero-order valence-electron chi connectivity index (χ0n) is 12.0. The molecule has 112 valence electrons. The Kier molecular flexibility index (Phi) is 5.17. The molecule has 0 radical (unpaired) electrons. The summed E-state index contributed by atoms with van der Waals surface area (Å²) in [4.78, 5) is 0. The van der Waals surface area contributed by atoms with Gasteiger partial charge in [-0.15, -0.1) is 0 Å². The minimum absolute atomic E-state index is 0.230. The van der Waals surface area contributed by atoms with Gasteiger partial charge in [0.2, 0.25) is 0 Å². The molecule has 0 spiro atoms. The van der Waals surface area contributed by atoms with Gasteiger partial charge in [0.1, 0.15) is 11.6 Å². The summed E-state index contributed by atoms with van der Waals surface area (Å²) in [5.74, 6) is 6.09. The van der Waals surface area contributed by atoms with Crippen molar-refractivity contribution in [3.05, 3.63) is 63.9 Å². The van der Waals surface area contributed by atoms with Gasteiger partial charge >= 0.3 is 0 Å². The Hall–Kier alpha value is -1.62. The van der Waals surface area contributed by atoms with Crippen LogP contribution in [0.4, 0.5) is 4.39 Å². The number of nitrogens with two attached hydrogens (primary N) is 1. The van der Waals surface area contributed by atoms with E-state index in [-0.39, 0.29) is 11.9 Å². The summed E-state index contributed by atoms with van der Waals surface area (Å²) in [6, 6.07) is 10.0. The zero-order valence-corrected chi connectivity index (χ0v) is 12.7. The van der Waals surface area contributed by atoms with E-state index in [1.807, 2.05) is 25.1 Å². The van der Waals surface area contributed by atoms with E-state index >= 15 is 0 Å². The Morgan fingerprint density at radius 3 is 2.67 bits per heavy atom. The molecule has 2 rings (SSSR count). The van der Waals surface area contributed by atoms with Crippen molar-refractivity contribution in [2.24, 2.45) is 5.84 Å². The van der Waals surface area contributed by atoms with Crippen LogP contribution in [0.5, 0.6) is 5.75 Å². The number of hydrogen-bond acceptors (Lipinski definition) is 3. The van der Waals surface area contributed by atoms with Crippen LogP contribution in [0.25, 0.3) is 0 Å². The lowest BCUT2D eigenvalue weighted by Crippen LogP contribution is -2.29. The van der Waals surface area contributed by atoms with E-state index in [0.717, 1.165) is 22.4 Å². The van der Waals surface area contributed by atoms with Crippen LogP contribution in [0.2, 0.25) is 5.02 Å². The fourth-order valence-corrected chi connectivity index (χ4v) is 2.56. The lowest BCUT2D eigenvalue weighted by atomic mass is 9.97. The van der Waals surface area contributed by atoms with Gasteiger partial charge in [0.25, 0.3) is 0 Å². The molecule has 5 heteroatoms. The summed E-state index contributed by atoms with van der Waals surface area (Å²) in [7, 11) is 1.60. The van der Waals surface area contributed by atoms with Gasteiger partial charge in [-0.1, -0.05) is 17.7 Å². The summed E-state index contributed by atoms with van der Waals surface area (Å²) in [6.45, 7) is 1.85. The number of benzene rings is 2. The molecular weight excluding hydrogens is 291 g/mol. The number of hydrazine groups is 1. The first kappa shape index (κ1) is 15.8. The quantitative estimate of drug-likeness (QED) is 0.656. The monoisotopic (exact) mass is 308 g/mol. The van der Waals surface area contributed by atoms with Crippen LogP contribution in [0.3, 0.4) is 0 Å². The second-order valence-corrected chi connectivity index (χ2v) is 5.38. The predicted octanol–water partition coefficient (Wildman–Crippen LogP) is 3.54. The maximum Gasteiger partial charge on any atom is 0.123 e. The van der Waals surface area contributed by atoms with E-state index in [0.29, 0.717) is 11.4 Å². The fraction of sp³-hybridized carbons (Fsp3) is 0.250. The number of aryl methyl sites for hydroxylation is 1. The first-order valence-corrected chi connectivity index (χ1v) is 6.97. The molecule has 0 saturated carbocycles.